The van der Waals surface area contributed by atoms with Crippen molar-refractivity contribution in [1.82, 2.24) is 0 Å². The van der Waals surface area contributed by atoms with Crippen molar-refractivity contribution in [2.24, 2.45) is 5.73 Å². The van der Waals surface area contributed by atoms with Crippen LogP contribution in [0.1, 0.15) is 0 Å². The molecule has 0 bridgehead atoms. The predicted octanol–water partition coefficient (Wildman–Crippen LogP) is 0.0761. The lowest BCUT2D eigenvalue weighted by molar-refractivity contribution is 1.02. The van der Waals surface area contributed by atoms with E-state index >= 15 is 0 Å². The molecule has 3 heteroatoms. The Kier molecular flexibility index (Phi) is 2.82. The average molecular weight is 105 g/mol. The van der Waals surface area contributed by atoms with E-state index in [-0.39, 0.29) is 6.54 Å². The zero-order valence-electron chi connectivity index (χ0n) is 3.19. The number of nitrogens with two attached hydrogens (primary N) is 1. The molecule has 0 saturated carbocycles. The van der Waals surface area contributed by atoms with Crippen LogP contribution in [0.3, 0.4) is 0 Å². The number of hydrogen-bond donors (Lipinski definition) is 1. The van der Waals surface area contributed by atoms with Gasteiger partial charge in [-0.3, -0.25) is 0 Å². The van der Waals surface area contributed by atoms with Gasteiger partial charge in [0, 0.05) is 6.54 Å². The van der Waals surface area contributed by atoms with Crippen LogP contribution in [-0.4, -0.2) is 11.9 Å². The normalized spacial score (nSPS) is 12.8. The summed E-state index contributed by atoms with van der Waals surface area (Å²) in [5.74, 6) is 0. The molecule has 34 valence electrons. The minimum absolute atomic E-state index is 0.234. The quantitative estimate of drug-likeness (QED) is 0.479. The molecule has 0 aliphatic rings. The monoisotopic (exact) mass is 104 g/mol. The summed E-state index contributed by atoms with van der Waals surface area (Å²) in [5.41, 5.74) is 4.93. The number of alkyl halides is 1. The van der Waals surface area contributed by atoms with Crippen LogP contribution in [0.25, 0.3) is 0 Å². The third-order valence-electron chi connectivity index (χ3n) is 0.347. The molecule has 0 aliphatic heterocycles. The molecule has 0 fully saturated rings. The molecule has 0 rings (SSSR count). The Morgan fingerprint density at radius 2 is 2.50 bits per heavy atom. The van der Waals surface area contributed by atoms with Crippen LogP contribution < -0.4 is 5.73 Å². The van der Waals surface area contributed by atoms with Gasteiger partial charge in [0.15, 0.2) is 0 Å². The summed E-state index contributed by atoms with van der Waals surface area (Å²) in [6.07, 6.45) is 0. The molecule has 2 N–H and O–H groups in total. The second-order valence-electron chi connectivity index (χ2n) is 0.832. The van der Waals surface area contributed by atoms with Gasteiger partial charge in [-0.25, -0.2) is 0 Å². The standard InChI is InChI=1S/C3H5ClN2/c4-3(1-5)2-6/h3H,1,5H2. The van der Waals surface area contributed by atoms with E-state index in [9.17, 15) is 0 Å². The van der Waals surface area contributed by atoms with E-state index in [4.69, 9.17) is 22.6 Å². The molecule has 0 heterocycles. The van der Waals surface area contributed by atoms with Crippen LogP contribution in [0.15, 0.2) is 0 Å². The van der Waals surface area contributed by atoms with Crippen molar-refractivity contribution in [3.63, 3.8) is 0 Å². The Morgan fingerprint density at radius 1 is 2.00 bits per heavy atom. The fourth-order valence-electron chi connectivity index (χ4n) is 0.0527. The van der Waals surface area contributed by atoms with Gasteiger partial charge in [0.2, 0.25) is 0 Å². The van der Waals surface area contributed by atoms with Crippen molar-refractivity contribution in [1.29, 1.82) is 5.26 Å². The minimum atomic E-state index is -0.509. The molecule has 1 atom stereocenters. The summed E-state index contributed by atoms with van der Waals surface area (Å²) in [6, 6.07) is 1.76. The smallest absolute Gasteiger partial charge is 0.132 e. The van der Waals surface area contributed by atoms with E-state index in [1.807, 2.05) is 0 Å². The van der Waals surface area contributed by atoms with Gasteiger partial charge in [0.25, 0.3) is 0 Å². The molecule has 6 heavy (non-hydrogen) atoms. The Bertz CT molecular complexity index is 65.7. The molecule has 0 aliphatic carbocycles. The maximum absolute atomic E-state index is 7.87. The Morgan fingerprint density at radius 3 is 2.50 bits per heavy atom. The van der Waals surface area contributed by atoms with Gasteiger partial charge < -0.3 is 5.73 Å². The zero-order chi connectivity index (χ0) is 4.99. The first-order chi connectivity index (χ1) is 2.81. The Hall–Kier alpha value is -0.260. The topological polar surface area (TPSA) is 49.8 Å². The van der Waals surface area contributed by atoms with Gasteiger partial charge in [-0.2, -0.15) is 5.26 Å². The number of nitrogens with zero attached hydrogens (tertiary/aromatic N) is 1. The van der Waals surface area contributed by atoms with Gasteiger partial charge in [0.1, 0.15) is 5.38 Å². The van der Waals surface area contributed by atoms with Crippen molar-refractivity contribution in [2.75, 3.05) is 6.54 Å². The van der Waals surface area contributed by atoms with E-state index in [1.165, 1.54) is 0 Å². The third kappa shape index (κ3) is 2.01. The van der Waals surface area contributed by atoms with E-state index < -0.39 is 5.38 Å². The summed E-state index contributed by atoms with van der Waals surface area (Å²) in [4.78, 5) is 0. The van der Waals surface area contributed by atoms with Gasteiger partial charge in [-0.05, 0) is 0 Å². The zero-order valence-corrected chi connectivity index (χ0v) is 3.94. The third-order valence-corrected chi connectivity index (χ3v) is 0.623. The van der Waals surface area contributed by atoms with Gasteiger partial charge in [-0.1, -0.05) is 0 Å². The van der Waals surface area contributed by atoms with Gasteiger partial charge >= 0.3 is 0 Å². The fourth-order valence-corrected chi connectivity index (χ4v) is 0.0527. The van der Waals surface area contributed by atoms with Crippen LogP contribution in [0.4, 0.5) is 0 Å². The van der Waals surface area contributed by atoms with Crippen molar-refractivity contribution in [3.05, 3.63) is 0 Å². The SMILES string of the molecule is N#CC(Cl)CN. The van der Waals surface area contributed by atoms with E-state index in [0.717, 1.165) is 0 Å². The molecule has 0 amide bonds. The fraction of sp³-hybridized carbons (Fsp3) is 0.667. The molecule has 0 aromatic carbocycles. The van der Waals surface area contributed by atoms with E-state index in [2.05, 4.69) is 0 Å². The van der Waals surface area contributed by atoms with Crippen LogP contribution in [-0.2, 0) is 0 Å². The molecule has 2 nitrogen and oxygen atoms in total. The van der Waals surface area contributed by atoms with Gasteiger partial charge in [0.05, 0.1) is 6.07 Å². The van der Waals surface area contributed by atoms with Crippen molar-refractivity contribution in [3.8, 4) is 6.07 Å². The average Bonchev–Trinajstić information content (AvgIpc) is 1.65. The lowest BCUT2D eigenvalue weighted by atomic mass is 10.5. The molecular formula is C3H5ClN2. The van der Waals surface area contributed by atoms with Crippen LogP contribution in [0.5, 0.6) is 0 Å². The second-order valence-corrected chi connectivity index (χ2v) is 1.36. The summed E-state index contributed by atoms with van der Waals surface area (Å²) < 4.78 is 0. The number of hydrogen-bond acceptors (Lipinski definition) is 2. The summed E-state index contributed by atoms with van der Waals surface area (Å²) in [7, 11) is 0. The molecule has 0 aromatic heterocycles. The number of rotatable bonds is 1. The highest BCUT2D eigenvalue weighted by molar-refractivity contribution is 6.22. The number of halogens is 1. The van der Waals surface area contributed by atoms with Crippen molar-refractivity contribution < 1.29 is 0 Å². The highest BCUT2D eigenvalue weighted by Crippen LogP contribution is 1.85. The van der Waals surface area contributed by atoms with Crippen LogP contribution >= 0.6 is 11.6 Å². The maximum Gasteiger partial charge on any atom is 0.132 e. The second kappa shape index (κ2) is 2.95. The number of nitriles is 1. The highest BCUT2D eigenvalue weighted by atomic mass is 35.5. The van der Waals surface area contributed by atoms with Crippen LogP contribution in [0, 0.1) is 11.3 Å². The minimum Gasteiger partial charge on any atom is -0.328 e. The molecule has 0 aromatic rings. The van der Waals surface area contributed by atoms with Crippen molar-refractivity contribution in [2.45, 2.75) is 5.38 Å². The largest absolute Gasteiger partial charge is 0.328 e. The Labute approximate surface area is 41.5 Å². The molecular weight excluding hydrogens is 99.5 g/mol. The van der Waals surface area contributed by atoms with Gasteiger partial charge in [-0.15, -0.1) is 11.6 Å². The summed E-state index contributed by atoms with van der Waals surface area (Å²) in [6.45, 7) is 0.234. The first-order valence-corrected chi connectivity index (χ1v) is 1.98. The lowest BCUT2D eigenvalue weighted by Crippen LogP contribution is -2.10. The van der Waals surface area contributed by atoms with E-state index in [1.54, 1.807) is 6.07 Å². The summed E-state index contributed by atoms with van der Waals surface area (Å²) >= 11 is 5.16. The molecule has 0 saturated heterocycles. The lowest BCUT2D eigenvalue weighted by Gasteiger charge is -1.85. The Balaban J connectivity index is 3.04. The van der Waals surface area contributed by atoms with Crippen LogP contribution in [0.2, 0.25) is 0 Å². The molecule has 0 radical (unpaired) electrons. The summed E-state index contributed by atoms with van der Waals surface area (Å²) in [5, 5.41) is 7.36. The molecule has 0 spiro atoms. The maximum atomic E-state index is 7.87. The highest BCUT2D eigenvalue weighted by Gasteiger charge is 1.92. The first-order valence-electron chi connectivity index (χ1n) is 1.55. The van der Waals surface area contributed by atoms with Crippen molar-refractivity contribution >= 4 is 11.6 Å². The molecule has 1 unspecified atom stereocenters. The van der Waals surface area contributed by atoms with E-state index in [0.29, 0.717) is 0 Å². The first kappa shape index (κ1) is 5.74. The predicted molar refractivity (Wildman–Crippen MR) is 24.3 cm³/mol.